The minimum Gasteiger partial charge on any atom is -0.409 e. The highest BCUT2D eigenvalue weighted by Gasteiger charge is 2.27. The summed E-state index contributed by atoms with van der Waals surface area (Å²) in [6, 6.07) is 5.17. The Morgan fingerprint density at radius 3 is 2.50 bits per heavy atom. The number of hydrogen-bond donors (Lipinski definition) is 1. The molecule has 0 atom stereocenters. The van der Waals surface area contributed by atoms with Crippen molar-refractivity contribution in [3.8, 4) is 5.75 Å². The lowest BCUT2D eigenvalue weighted by atomic mass is 10.3. The number of ether oxygens (including phenoxy) is 1. The van der Waals surface area contributed by atoms with Gasteiger partial charge in [-0.3, -0.25) is 9.78 Å². The molecule has 2 amide bonds. The van der Waals surface area contributed by atoms with E-state index < -0.39 is 23.6 Å². The quantitative estimate of drug-likeness (QED) is 0.728. The molecule has 3 heterocycles. The van der Waals surface area contributed by atoms with Gasteiger partial charge in [0.1, 0.15) is 0 Å². The third-order valence-electron chi connectivity index (χ3n) is 4.39. The summed E-state index contributed by atoms with van der Waals surface area (Å²) in [6.45, 7) is 1.13. The number of aromatic nitrogens is 3. The molecule has 2 aromatic heterocycles. The zero-order valence-electron chi connectivity index (χ0n) is 14.6. The van der Waals surface area contributed by atoms with Crippen molar-refractivity contribution >= 4 is 23.0 Å². The first-order valence-electron chi connectivity index (χ1n) is 8.52. The Morgan fingerprint density at radius 2 is 1.79 bits per heavy atom. The highest BCUT2D eigenvalue weighted by Crippen LogP contribution is 2.18. The molecule has 0 aliphatic carbocycles. The summed E-state index contributed by atoms with van der Waals surface area (Å²) in [6.07, 6.45) is 2.49. The van der Waals surface area contributed by atoms with E-state index in [9.17, 15) is 18.4 Å². The Balaban J connectivity index is 1.39. The average molecular weight is 387 g/mol. The maximum absolute atomic E-state index is 13.3. The summed E-state index contributed by atoms with van der Waals surface area (Å²) in [7, 11) is 0. The predicted molar refractivity (Wildman–Crippen MR) is 93.7 cm³/mol. The van der Waals surface area contributed by atoms with Gasteiger partial charge in [0.25, 0.3) is 5.91 Å². The zero-order valence-corrected chi connectivity index (χ0v) is 14.6. The molecule has 28 heavy (non-hydrogen) atoms. The van der Waals surface area contributed by atoms with Crippen LogP contribution in [0.3, 0.4) is 0 Å². The molecule has 1 N–H and O–H groups in total. The standard InChI is InChI=1S/C18H15F2N5O3/c19-12-8-14-15(9-13(12)20)23-16(22-14)17(26)24-4-6-25(7-5-24)18(27)28-11-2-1-3-21-10-11/h1-3,8-10H,4-7H2,(H,22,23). The number of aromatic amines is 1. The Morgan fingerprint density at radius 1 is 1.07 bits per heavy atom. The lowest BCUT2D eigenvalue weighted by molar-refractivity contribution is 0.0623. The number of amides is 2. The number of imidazole rings is 1. The minimum absolute atomic E-state index is 0.00798. The smallest absolute Gasteiger partial charge is 0.409 e. The number of nitrogens with one attached hydrogen (secondary N) is 1. The van der Waals surface area contributed by atoms with Gasteiger partial charge in [0.15, 0.2) is 23.2 Å². The van der Waals surface area contributed by atoms with Crippen LogP contribution in [0.4, 0.5) is 13.6 Å². The van der Waals surface area contributed by atoms with Crippen LogP contribution in [0, 0.1) is 11.6 Å². The highest BCUT2D eigenvalue weighted by molar-refractivity contribution is 5.94. The van der Waals surface area contributed by atoms with Gasteiger partial charge in [0.2, 0.25) is 0 Å². The predicted octanol–water partition coefficient (Wildman–Crippen LogP) is 2.19. The second-order valence-electron chi connectivity index (χ2n) is 6.20. The monoisotopic (exact) mass is 387 g/mol. The molecule has 0 bridgehead atoms. The molecule has 0 saturated carbocycles. The number of carbonyl (C=O) groups excluding carboxylic acids is 2. The molecule has 1 aromatic carbocycles. The largest absolute Gasteiger partial charge is 0.415 e. The van der Waals surface area contributed by atoms with Crippen LogP contribution in [-0.4, -0.2) is 62.9 Å². The normalized spacial score (nSPS) is 14.4. The number of piperazine rings is 1. The highest BCUT2D eigenvalue weighted by atomic mass is 19.2. The summed E-state index contributed by atoms with van der Waals surface area (Å²) in [5.74, 6) is -2.12. The van der Waals surface area contributed by atoms with Crippen molar-refractivity contribution in [1.82, 2.24) is 24.8 Å². The third-order valence-corrected chi connectivity index (χ3v) is 4.39. The van der Waals surface area contributed by atoms with Crippen molar-refractivity contribution in [2.45, 2.75) is 0 Å². The maximum Gasteiger partial charge on any atom is 0.415 e. The van der Waals surface area contributed by atoms with Gasteiger partial charge < -0.3 is 19.5 Å². The van der Waals surface area contributed by atoms with Crippen molar-refractivity contribution in [1.29, 1.82) is 0 Å². The Hall–Kier alpha value is -3.56. The third kappa shape index (κ3) is 3.48. The molecule has 1 aliphatic rings. The number of benzene rings is 1. The fraction of sp³-hybridized carbons (Fsp3) is 0.222. The summed E-state index contributed by atoms with van der Waals surface area (Å²) >= 11 is 0. The van der Waals surface area contributed by atoms with E-state index in [1.165, 1.54) is 16.0 Å². The first kappa shape index (κ1) is 17.8. The van der Waals surface area contributed by atoms with Crippen molar-refractivity contribution < 1.29 is 23.1 Å². The van der Waals surface area contributed by atoms with Crippen molar-refractivity contribution in [2.75, 3.05) is 26.2 Å². The van der Waals surface area contributed by atoms with E-state index >= 15 is 0 Å². The Bertz CT molecular complexity index is 993. The number of halogens is 2. The molecule has 0 spiro atoms. The first-order valence-corrected chi connectivity index (χ1v) is 8.52. The van der Waals surface area contributed by atoms with Crippen molar-refractivity contribution in [3.63, 3.8) is 0 Å². The molecule has 8 nitrogen and oxygen atoms in total. The Kier molecular flexibility index (Phi) is 4.60. The molecule has 1 fully saturated rings. The molecule has 144 valence electrons. The van der Waals surface area contributed by atoms with E-state index in [1.54, 1.807) is 18.3 Å². The van der Waals surface area contributed by atoms with Gasteiger partial charge >= 0.3 is 6.09 Å². The number of nitrogens with zero attached hydrogens (tertiary/aromatic N) is 4. The SMILES string of the molecule is O=C(Oc1cccnc1)N1CCN(C(=O)c2nc3cc(F)c(F)cc3[nH]2)CC1. The molecule has 10 heteroatoms. The number of hydrogen-bond acceptors (Lipinski definition) is 5. The van der Waals surface area contributed by atoms with Crippen LogP contribution < -0.4 is 4.74 Å². The summed E-state index contributed by atoms with van der Waals surface area (Å²) in [4.78, 5) is 38.4. The lowest BCUT2D eigenvalue weighted by Gasteiger charge is -2.33. The summed E-state index contributed by atoms with van der Waals surface area (Å²) in [5, 5.41) is 0. The van der Waals surface area contributed by atoms with Crippen LogP contribution >= 0.6 is 0 Å². The van der Waals surface area contributed by atoms with E-state index in [2.05, 4.69) is 15.0 Å². The van der Waals surface area contributed by atoms with Gasteiger partial charge in [0.05, 0.1) is 17.2 Å². The number of carbonyl (C=O) groups is 2. The topological polar surface area (TPSA) is 91.4 Å². The van der Waals surface area contributed by atoms with Crippen LogP contribution in [0.25, 0.3) is 11.0 Å². The fourth-order valence-electron chi connectivity index (χ4n) is 2.92. The molecule has 0 unspecified atom stereocenters. The number of H-pyrrole nitrogens is 1. The van der Waals surface area contributed by atoms with Crippen molar-refractivity contribution in [2.24, 2.45) is 0 Å². The molecule has 1 aliphatic heterocycles. The maximum atomic E-state index is 13.3. The number of pyridine rings is 1. The summed E-state index contributed by atoms with van der Waals surface area (Å²) < 4.78 is 31.9. The van der Waals surface area contributed by atoms with E-state index in [-0.39, 0.29) is 43.0 Å². The van der Waals surface area contributed by atoms with Crippen LogP contribution in [0.5, 0.6) is 5.75 Å². The molecule has 3 aromatic rings. The number of rotatable bonds is 2. The van der Waals surface area contributed by atoms with Crippen LogP contribution in [0.1, 0.15) is 10.6 Å². The van der Waals surface area contributed by atoms with E-state index in [0.29, 0.717) is 5.75 Å². The zero-order chi connectivity index (χ0) is 19.7. The van der Waals surface area contributed by atoms with Gasteiger partial charge in [-0.15, -0.1) is 0 Å². The fourth-order valence-corrected chi connectivity index (χ4v) is 2.92. The van der Waals surface area contributed by atoms with E-state index in [1.807, 2.05) is 0 Å². The molecular formula is C18H15F2N5O3. The molecule has 4 rings (SSSR count). The van der Waals surface area contributed by atoms with Crippen LogP contribution in [0.15, 0.2) is 36.7 Å². The van der Waals surface area contributed by atoms with Crippen LogP contribution in [0.2, 0.25) is 0 Å². The lowest BCUT2D eigenvalue weighted by Crippen LogP contribution is -2.51. The van der Waals surface area contributed by atoms with Crippen LogP contribution in [-0.2, 0) is 0 Å². The van der Waals surface area contributed by atoms with Gasteiger partial charge in [-0.2, -0.15) is 0 Å². The Labute approximate surface area is 157 Å². The second-order valence-corrected chi connectivity index (χ2v) is 6.20. The average Bonchev–Trinajstić information content (AvgIpc) is 3.11. The van der Waals surface area contributed by atoms with E-state index in [0.717, 1.165) is 12.1 Å². The second kappa shape index (κ2) is 7.22. The molecule has 1 saturated heterocycles. The minimum atomic E-state index is -1.03. The molecular weight excluding hydrogens is 372 g/mol. The van der Waals surface area contributed by atoms with Gasteiger partial charge in [0, 0.05) is 44.5 Å². The molecule has 0 radical (unpaired) electrons. The summed E-state index contributed by atoms with van der Waals surface area (Å²) in [5.41, 5.74) is 0.405. The van der Waals surface area contributed by atoms with Gasteiger partial charge in [-0.25, -0.2) is 18.6 Å². The van der Waals surface area contributed by atoms with Gasteiger partial charge in [-0.1, -0.05) is 0 Å². The number of fused-ring (bicyclic) bond motifs is 1. The van der Waals surface area contributed by atoms with E-state index in [4.69, 9.17) is 4.74 Å². The first-order chi connectivity index (χ1) is 13.5. The van der Waals surface area contributed by atoms with Gasteiger partial charge in [-0.05, 0) is 12.1 Å². The van der Waals surface area contributed by atoms with Crippen molar-refractivity contribution in [3.05, 3.63) is 54.1 Å².